The third-order valence-corrected chi connectivity index (χ3v) is 16.4. The quantitative estimate of drug-likeness (QED) is 0.253. The van der Waals surface area contributed by atoms with Crippen LogP contribution in [0.1, 0.15) is 27.8 Å². The fraction of sp³-hybridized carbons (Fsp3) is 0.333. The van der Waals surface area contributed by atoms with E-state index in [9.17, 15) is 0 Å². The van der Waals surface area contributed by atoms with Gasteiger partial charge in [0, 0.05) is 10.0 Å². The van der Waals surface area contributed by atoms with E-state index in [2.05, 4.69) is 157 Å². The van der Waals surface area contributed by atoms with E-state index in [0.717, 1.165) is 15.6 Å². The van der Waals surface area contributed by atoms with Crippen molar-refractivity contribution in [3.8, 4) is 11.1 Å². The number of benzene rings is 2. The van der Waals surface area contributed by atoms with Gasteiger partial charge in [-0.3, -0.25) is 0 Å². The molecule has 0 radical (unpaired) electrons. The van der Waals surface area contributed by atoms with Gasteiger partial charge in [-0.25, -0.2) is 0 Å². The Bertz CT molecular complexity index is 881. The number of rotatable bonds is 1. The average molecular weight is 789 g/mol. The van der Waals surface area contributed by atoms with Gasteiger partial charge in [0.25, 0.3) is 0 Å². The van der Waals surface area contributed by atoms with Crippen LogP contribution in [0.4, 0.5) is 0 Å². The Balaban J connectivity index is 2.34. The lowest BCUT2D eigenvalue weighted by Crippen LogP contribution is -2.36. The molecule has 2 aromatic rings. The van der Waals surface area contributed by atoms with Crippen LogP contribution in [-0.2, 0) is 6.47 Å². The van der Waals surface area contributed by atoms with Crippen molar-refractivity contribution in [1.82, 2.24) is 0 Å². The molecule has 0 atom stereocenters. The lowest BCUT2D eigenvalue weighted by Gasteiger charge is -2.34. The van der Waals surface area contributed by atoms with Gasteiger partial charge in [0.1, 0.15) is 9.70 Å². The Morgan fingerprint density at radius 3 is 1.84 bits per heavy atom. The number of halogens is 7. The molecule has 0 N–H and O–H groups in total. The molecule has 0 saturated heterocycles. The van der Waals surface area contributed by atoms with Crippen LogP contribution in [0.2, 0.25) is 0 Å². The Morgan fingerprint density at radius 1 is 0.680 bits per heavy atom. The largest absolute Gasteiger partial charge is 0.139 e. The first-order chi connectivity index (χ1) is 11.4. The first-order valence-electron chi connectivity index (χ1n) is 7.39. The second-order valence-electron chi connectivity index (χ2n) is 6.25. The molecule has 0 spiro atoms. The zero-order valence-electron chi connectivity index (χ0n) is 13.5. The Morgan fingerprint density at radius 2 is 1.24 bits per heavy atom. The molecule has 0 aromatic heterocycles. The normalized spacial score (nSPS) is 19.8. The molecule has 0 aliphatic heterocycles. The summed E-state index contributed by atoms with van der Waals surface area (Å²) in [4.78, 5) is 0. The summed E-state index contributed by atoms with van der Waals surface area (Å²) in [7, 11) is 0. The molecular weight excluding hydrogens is 776 g/mol. The van der Waals surface area contributed by atoms with Crippen molar-refractivity contribution < 1.29 is 0 Å². The Labute approximate surface area is 207 Å². The van der Waals surface area contributed by atoms with Crippen molar-refractivity contribution in [3.05, 3.63) is 56.6 Å². The number of aryl methyl sites for hydroxylation is 1. The van der Waals surface area contributed by atoms with E-state index in [0.29, 0.717) is 0 Å². The van der Waals surface area contributed by atoms with E-state index < -0.39 is 9.70 Å². The van der Waals surface area contributed by atoms with E-state index in [1.165, 1.54) is 27.8 Å². The van der Waals surface area contributed by atoms with Crippen molar-refractivity contribution in [2.75, 3.05) is 0 Å². The second-order valence-corrected chi connectivity index (χ2v) is 17.4. The van der Waals surface area contributed by atoms with E-state index in [1.54, 1.807) is 0 Å². The molecule has 0 nitrogen and oxygen atoms in total. The van der Waals surface area contributed by atoms with E-state index in [1.807, 2.05) is 0 Å². The van der Waals surface area contributed by atoms with Crippen LogP contribution < -0.4 is 0 Å². The number of fused-ring (bicyclic) bond motifs is 1. The molecule has 1 aliphatic rings. The summed E-state index contributed by atoms with van der Waals surface area (Å²) in [5.74, 6) is 0. The van der Waals surface area contributed by atoms with Gasteiger partial charge in [-0.1, -0.05) is 120 Å². The molecular formula is C18H13Br7. The molecule has 1 aliphatic carbocycles. The first kappa shape index (κ1) is 21.5. The predicted molar refractivity (Wildman–Crippen MR) is 133 cm³/mol. The molecule has 134 valence electrons. The summed E-state index contributed by atoms with van der Waals surface area (Å²) in [6.45, 7) is 6.52. The van der Waals surface area contributed by atoms with E-state index >= 15 is 0 Å². The van der Waals surface area contributed by atoms with Gasteiger partial charge in [-0.15, -0.1) is 0 Å². The van der Waals surface area contributed by atoms with Gasteiger partial charge in [0.05, 0.1) is 0 Å². The molecule has 0 fully saturated rings. The zero-order valence-corrected chi connectivity index (χ0v) is 24.6. The zero-order chi connectivity index (χ0) is 18.9. The fourth-order valence-electron chi connectivity index (χ4n) is 3.12. The number of hydrogen-bond acceptors (Lipinski definition) is 0. The molecule has 0 saturated carbocycles. The van der Waals surface area contributed by atoms with Gasteiger partial charge in [-0.2, -0.15) is 0 Å². The van der Waals surface area contributed by atoms with Crippen molar-refractivity contribution >= 4 is 112 Å². The third-order valence-electron chi connectivity index (χ3n) is 4.93. The van der Waals surface area contributed by atoms with Crippen molar-refractivity contribution in [2.45, 2.75) is 30.5 Å². The smallest absolute Gasteiger partial charge is 0.0669 e. The van der Waals surface area contributed by atoms with Crippen LogP contribution in [-0.4, -0.2) is 3.23 Å². The molecule has 0 bridgehead atoms. The Kier molecular flexibility index (Phi) is 5.97. The highest BCUT2D eigenvalue weighted by molar-refractivity contribution is 9.32. The van der Waals surface area contributed by atoms with E-state index in [4.69, 9.17) is 0 Å². The van der Waals surface area contributed by atoms with Gasteiger partial charge in [0.15, 0.2) is 0 Å². The van der Waals surface area contributed by atoms with Crippen LogP contribution in [0.5, 0.6) is 0 Å². The predicted octanol–water partition coefficient (Wildman–Crippen LogP) is 9.43. The minimum absolute atomic E-state index is 0.491. The van der Waals surface area contributed by atoms with Crippen LogP contribution in [0, 0.1) is 20.8 Å². The fourth-order valence-corrected chi connectivity index (χ4v) is 9.07. The molecule has 25 heavy (non-hydrogen) atoms. The molecule has 0 unspecified atom stereocenters. The van der Waals surface area contributed by atoms with Crippen LogP contribution in [0.3, 0.4) is 0 Å². The lowest BCUT2D eigenvalue weighted by atomic mass is 9.92. The first-order valence-corrected chi connectivity index (χ1v) is 12.9. The van der Waals surface area contributed by atoms with Gasteiger partial charge >= 0.3 is 0 Å². The van der Waals surface area contributed by atoms with Crippen LogP contribution in [0.25, 0.3) is 11.1 Å². The summed E-state index contributed by atoms with van der Waals surface area (Å²) in [6.07, 6.45) is 0. The van der Waals surface area contributed by atoms with Crippen LogP contribution in [0.15, 0.2) is 28.7 Å². The van der Waals surface area contributed by atoms with Gasteiger partial charge < -0.3 is 0 Å². The molecule has 2 aromatic carbocycles. The highest BCUT2D eigenvalue weighted by Gasteiger charge is 2.66. The molecule has 0 heterocycles. The summed E-state index contributed by atoms with van der Waals surface area (Å²) < 4.78 is -0.483. The SMILES string of the molecule is Cc1ccc(-c2ccc3c(c2Br)C(Br)(Br)C(Br)(Br)C3(Br)Br)c(C)c1C. The number of alkyl halides is 6. The van der Waals surface area contributed by atoms with Crippen molar-refractivity contribution in [1.29, 1.82) is 0 Å². The maximum atomic E-state index is 3.88. The second kappa shape index (κ2) is 6.94. The standard InChI is InChI=1S/C18H13Br7/c1-8-4-5-11(10(3)9(8)2)12-6-7-13-14(15(12)19)17(22,23)18(24,25)16(13,20)21/h4-7H,1-3H3. The summed E-state index contributed by atoms with van der Waals surface area (Å²) >= 11 is 26.9. The van der Waals surface area contributed by atoms with E-state index in [-0.39, 0.29) is 0 Å². The maximum Gasteiger partial charge on any atom is 0.139 e. The molecule has 3 rings (SSSR count). The summed E-state index contributed by atoms with van der Waals surface area (Å²) in [6, 6.07) is 8.73. The van der Waals surface area contributed by atoms with Gasteiger partial charge in [-0.05, 0) is 70.1 Å². The van der Waals surface area contributed by atoms with Crippen LogP contribution >= 0.6 is 112 Å². The molecule has 7 heteroatoms. The van der Waals surface area contributed by atoms with Gasteiger partial charge in [0.2, 0.25) is 0 Å². The Hall–Kier alpha value is 1.80. The minimum atomic E-state index is -0.530. The topological polar surface area (TPSA) is 0 Å². The van der Waals surface area contributed by atoms with Crippen molar-refractivity contribution in [2.24, 2.45) is 0 Å². The summed E-state index contributed by atoms with van der Waals surface area (Å²) in [5.41, 5.74) is 8.63. The maximum absolute atomic E-state index is 3.88. The number of hydrogen-bond donors (Lipinski definition) is 0. The lowest BCUT2D eigenvalue weighted by molar-refractivity contribution is 0.818. The third kappa shape index (κ3) is 3.00. The highest BCUT2D eigenvalue weighted by atomic mass is 79.9. The van der Waals surface area contributed by atoms with Crippen molar-refractivity contribution in [3.63, 3.8) is 0 Å². The minimum Gasteiger partial charge on any atom is -0.0669 e. The average Bonchev–Trinajstić information content (AvgIpc) is 2.62. The monoisotopic (exact) mass is 782 g/mol. The highest BCUT2D eigenvalue weighted by Crippen LogP contribution is 2.75. The summed E-state index contributed by atoms with van der Waals surface area (Å²) in [5, 5.41) is 0. The molecule has 0 amide bonds.